The van der Waals surface area contributed by atoms with Gasteiger partial charge in [0.2, 0.25) is 0 Å². The third-order valence-corrected chi connectivity index (χ3v) is 2.72. The number of benzene rings is 1. The number of nitro benzene ring substituents is 1. The molecular weight excluding hydrogens is 272 g/mol. The molecule has 0 saturated heterocycles. The number of nitrogens with zero attached hydrogens (tertiary/aromatic N) is 2. The average molecular weight is 288 g/mol. The number of para-hydroxylation sites is 1. The zero-order valence-electron chi connectivity index (χ0n) is 12.1. The average Bonchev–Trinajstić information content (AvgIpc) is 2.85. The van der Waals surface area contributed by atoms with Crippen LogP contribution in [0.2, 0.25) is 0 Å². The van der Waals surface area contributed by atoms with Gasteiger partial charge in [-0.2, -0.15) is 0 Å². The van der Waals surface area contributed by atoms with E-state index < -0.39 is 16.6 Å². The number of nitro groups is 1. The van der Waals surface area contributed by atoms with E-state index >= 15 is 0 Å². The van der Waals surface area contributed by atoms with E-state index in [1.165, 1.54) is 16.8 Å². The van der Waals surface area contributed by atoms with Gasteiger partial charge in [-0.05, 0) is 39.0 Å². The van der Waals surface area contributed by atoms with E-state index in [1.54, 1.807) is 51.1 Å². The molecule has 6 heteroatoms. The van der Waals surface area contributed by atoms with Gasteiger partial charge in [0.1, 0.15) is 5.60 Å². The summed E-state index contributed by atoms with van der Waals surface area (Å²) in [6.45, 7) is 5.29. The molecule has 21 heavy (non-hydrogen) atoms. The molecule has 1 heterocycles. The van der Waals surface area contributed by atoms with Gasteiger partial charge in [0.05, 0.1) is 16.2 Å². The predicted octanol–water partition coefficient (Wildman–Crippen LogP) is 3.85. The highest BCUT2D eigenvalue weighted by Crippen LogP contribution is 2.30. The molecule has 0 aliphatic rings. The van der Waals surface area contributed by atoms with Gasteiger partial charge in [-0.1, -0.05) is 12.1 Å². The van der Waals surface area contributed by atoms with Crippen LogP contribution in [-0.4, -0.2) is 21.2 Å². The molecule has 0 N–H and O–H groups in total. The summed E-state index contributed by atoms with van der Waals surface area (Å²) in [6.07, 6.45) is 0.959. The summed E-state index contributed by atoms with van der Waals surface area (Å²) in [5, 5.41) is 11.1. The van der Waals surface area contributed by atoms with Crippen molar-refractivity contribution in [2.45, 2.75) is 26.4 Å². The fourth-order valence-corrected chi connectivity index (χ4v) is 1.92. The second-order valence-electron chi connectivity index (χ2n) is 5.52. The molecule has 2 aromatic rings. The van der Waals surface area contributed by atoms with E-state index in [0.29, 0.717) is 11.3 Å². The maximum Gasteiger partial charge on any atom is 0.418 e. The monoisotopic (exact) mass is 288 g/mol. The van der Waals surface area contributed by atoms with Crippen molar-refractivity contribution in [1.29, 1.82) is 0 Å². The Bertz CT molecular complexity index is 683. The number of rotatable bonds is 2. The minimum atomic E-state index is -0.638. The Balaban J connectivity index is 2.47. The van der Waals surface area contributed by atoms with Gasteiger partial charge in [0.25, 0.3) is 5.69 Å². The topological polar surface area (TPSA) is 74.4 Å². The van der Waals surface area contributed by atoms with Crippen LogP contribution in [0, 0.1) is 10.1 Å². The number of ether oxygens (including phenoxy) is 1. The number of hydrogen-bond acceptors (Lipinski definition) is 4. The maximum absolute atomic E-state index is 12.2. The lowest BCUT2D eigenvalue weighted by Crippen LogP contribution is -2.27. The highest BCUT2D eigenvalue weighted by Gasteiger charge is 2.23. The lowest BCUT2D eigenvalue weighted by molar-refractivity contribution is -0.384. The van der Waals surface area contributed by atoms with Crippen LogP contribution < -0.4 is 0 Å². The standard InChI is InChI=1S/C15H16N2O4/c1-15(2,3)21-14(18)16-10-6-9-12(16)11-7-4-5-8-13(11)17(19)20/h4-10H,1-3H3. The molecule has 6 nitrogen and oxygen atoms in total. The van der Waals surface area contributed by atoms with Gasteiger partial charge >= 0.3 is 6.09 Å². The molecule has 0 saturated carbocycles. The largest absolute Gasteiger partial charge is 0.443 e. The lowest BCUT2D eigenvalue weighted by Gasteiger charge is -2.20. The normalized spacial score (nSPS) is 11.2. The van der Waals surface area contributed by atoms with Crippen LogP contribution in [0.3, 0.4) is 0 Å². The number of carbonyl (C=O) groups is 1. The summed E-state index contributed by atoms with van der Waals surface area (Å²) in [4.78, 5) is 22.8. The molecule has 1 aromatic carbocycles. The van der Waals surface area contributed by atoms with Crippen LogP contribution in [0.1, 0.15) is 20.8 Å². The van der Waals surface area contributed by atoms with Crippen LogP contribution in [0.4, 0.5) is 10.5 Å². The van der Waals surface area contributed by atoms with Crippen LogP contribution in [-0.2, 0) is 4.74 Å². The van der Waals surface area contributed by atoms with E-state index in [-0.39, 0.29) is 5.69 Å². The number of hydrogen-bond donors (Lipinski definition) is 0. The van der Waals surface area contributed by atoms with Crippen LogP contribution >= 0.6 is 0 Å². The molecule has 0 fully saturated rings. The Morgan fingerprint density at radius 2 is 1.86 bits per heavy atom. The summed E-state index contributed by atoms with van der Waals surface area (Å²) in [7, 11) is 0. The van der Waals surface area contributed by atoms with Gasteiger partial charge in [-0.3, -0.25) is 14.7 Å². The van der Waals surface area contributed by atoms with Crippen molar-refractivity contribution in [3.8, 4) is 11.3 Å². The minimum absolute atomic E-state index is 0.0546. The third kappa shape index (κ3) is 3.28. The highest BCUT2D eigenvalue weighted by molar-refractivity contribution is 5.81. The Kier molecular flexibility index (Phi) is 3.80. The molecule has 110 valence electrons. The molecule has 0 bridgehead atoms. The van der Waals surface area contributed by atoms with Crippen LogP contribution in [0.25, 0.3) is 11.3 Å². The van der Waals surface area contributed by atoms with Crippen LogP contribution in [0.15, 0.2) is 42.6 Å². The fourth-order valence-electron chi connectivity index (χ4n) is 1.92. The molecule has 0 aliphatic carbocycles. The molecule has 2 rings (SSSR count). The summed E-state index contributed by atoms with van der Waals surface area (Å²) in [5.41, 5.74) is 0.109. The summed E-state index contributed by atoms with van der Waals surface area (Å²) in [6, 6.07) is 9.58. The van der Waals surface area contributed by atoms with E-state index in [4.69, 9.17) is 4.74 Å². The maximum atomic E-state index is 12.2. The fraction of sp³-hybridized carbons (Fsp3) is 0.267. The van der Waals surface area contributed by atoms with Gasteiger partial charge in [-0.15, -0.1) is 0 Å². The second-order valence-corrected chi connectivity index (χ2v) is 5.52. The van der Waals surface area contributed by atoms with Crippen LogP contribution in [0.5, 0.6) is 0 Å². The zero-order chi connectivity index (χ0) is 15.6. The predicted molar refractivity (Wildman–Crippen MR) is 78.2 cm³/mol. The van der Waals surface area contributed by atoms with E-state index in [2.05, 4.69) is 0 Å². The number of aromatic nitrogens is 1. The Morgan fingerprint density at radius 1 is 1.19 bits per heavy atom. The molecule has 0 spiro atoms. The summed E-state index contributed by atoms with van der Waals surface area (Å²) >= 11 is 0. The van der Waals surface area contributed by atoms with Crippen molar-refractivity contribution in [2.24, 2.45) is 0 Å². The van der Waals surface area contributed by atoms with Gasteiger partial charge in [0, 0.05) is 12.3 Å². The van der Waals surface area contributed by atoms with E-state index in [1.807, 2.05) is 0 Å². The Labute approximate surface area is 122 Å². The number of carbonyl (C=O) groups excluding carboxylic acids is 1. The molecule has 0 amide bonds. The first-order chi connectivity index (χ1) is 9.79. The second kappa shape index (κ2) is 5.40. The molecule has 0 aliphatic heterocycles. The van der Waals surface area contributed by atoms with Crippen molar-refractivity contribution < 1.29 is 14.5 Å². The molecular formula is C15H16N2O4. The smallest absolute Gasteiger partial charge is 0.418 e. The first-order valence-electron chi connectivity index (χ1n) is 6.44. The quantitative estimate of drug-likeness (QED) is 0.621. The van der Waals surface area contributed by atoms with Gasteiger partial charge < -0.3 is 4.74 Å². The molecule has 1 aromatic heterocycles. The zero-order valence-corrected chi connectivity index (χ0v) is 12.1. The van der Waals surface area contributed by atoms with Gasteiger partial charge in [-0.25, -0.2) is 4.79 Å². The lowest BCUT2D eigenvalue weighted by atomic mass is 10.1. The SMILES string of the molecule is CC(C)(C)OC(=O)n1cccc1-c1ccccc1[N+](=O)[O-]. The first kappa shape index (κ1) is 14.8. The Morgan fingerprint density at radius 3 is 2.48 bits per heavy atom. The minimum Gasteiger partial charge on any atom is -0.443 e. The van der Waals surface area contributed by atoms with Crippen molar-refractivity contribution >= 4 is 11.8 Å². The van der Waals surface area contributed by atoms with Crippen molar-refractivity contribution in [3.63, 3.8) is 0 Å². The van der Waals surface area contributed by atoms with E-state index in [9.17, 15) is 14.9 Å². The van der Waals surface area contributed by atoms with E-state index in [0.717, 1.165) is 0 Å². The molecule has 0 radical (unpaired) electrons. The summed E-state index contributed by atoms with van der Waals surface area (Å²) in [5.74, 6) is 0. The highest BCUT2D eigenvalue weighted by atomic mass is 16.6. The molecule has 0 unspecified atom stereocenters. The van der Waals surface area contributed by atoms with Crippen molar-refractivity contribution in [3.05, 3.63) is 52.7 Å². The third-order valence-electron chi connectivity index (χ3n) is 2.72. The van der Waals surface area contributed by atoms with Gasteiger partial charge in [0.15, 0.2) is 0 Å². The van der Waals surface area contributed by atoms with Crippen molar-refractivity contribution in [2.75, 3.05) is 0 Å². The summed E-state index contributed by atoms with van der Waals surface area (Å²) < 4.78 is 6.57. The Hall–Kier alpha value is -2.63. The first-order valence-corrected chi connectivity index (χ1v) is 6.44. The van der Waals surface area contributed by atoms with Crippen molar-refractivity contribution in [1.82, 2.24) is 4.57 Å². The molecule has 0 atom stereocenters.